The summed E-state index contributed by atoms with van der Waals surface area (Å²) < 4.78 is 57.1. The number of hydrogen-bond donors (Lipinski definition) is 1. The predicted octanol–water partition coefficient (Wildman–Crippen LogP) is 4.74. The summed E-state index contributed by atoms with van der Waals surface area (Å²) in [5, 5.41) is 0. The molecule has 2 atom stereocenters. The van der Waals surface area contributed by atoms with Crippen molar-refractivity contribution >= 4 is 11.0 Å². The van der Waals surface area contributed by atoms with E-state index in [2.05, 4.69) is 4.72 Å². The van der Waals surface area contributed by atoms with Crippen molar-refractivity contribution in [2.45, 2.75) is 43.7 Å². The van der Waals surface area contributed by atoms with Gasteiger partial charge in [-0.15, -0.1) is 0 Å². The summed E-state index contributed by atoms with van der Waals surface area (Å²) in [5.74, 6) is 0. The number of alkyl halides is 3. The molecule has 1 unspecified atom stereocenters. The molecule has 0 saturated heterocycles. The normalized spacial score (nSPS) is 16.2. The Labute approximate surface area is 149 Å². The quantitative estimate of drug-likeness (QED) is 0.810. The minimum atomic E-state index is -4.63. The highest BCUT2D eigenvalue weighted by atomic mass is 32.2. The summed E-state index contributed by atoms with van der Waals surface area (Å²) in [6.07, 6.45) is -4.98. The Morgan fingerprint density at radius 2 is 1.36 bits per heavy atom. The molecule has 0 heterocycles. The van der Waals surface area contributed by atoms with Gasteiger partial charge in [0, 0.05) is 6.42 Å². The fourth-order valence-corrected chi connectivity index (χ4v) is 3.38. The number of rotatable bonds is 5. The lowest BCUT2D eigenvalue weighted by atomic mass is 9.84. The standard InChI is InChI=1S/C19H22F3NOS/c1-17(2,3)25(24)23-18(19(20,21)22,16-12-8-5-9-13-16)14-15-10-6-4-7-11-15/h4-13,23H,14H2,1-3H3/t18-,25?/m0/s1. The van der Waals surface area contributed by atoms with Crippen LogP contribution in [0, 0.1) is 0 Å². The molecular weight excluding hydrogens is 347 g/mol. The minimum Gasteiger partial charge on any atom is -0.242 e. The number of hydrogen-bond acceptors (Lipinski definition) is 1. The van der Waals surface area contributed by atoms with Crippen molar-refractivity contribution in [2.24, 2.45) is 0 Å². The van der Waals surface area contributed by atoms with Gasteiger partial charge < -0.3 is 0 Å². The van der Waals surface area contributed by atoms with Crippen LogP contribution in [0.1, 0.15) is 31.9 Å². The van der Waals surface area contributed by atoms with E-state index in [9.17, 15) is 17.4 Å². The molecule has 2 nitrogen and oxygen atoms in total. The molecule has 0 bridgehead atoms. The maximum atomic E-state index is 14.3. The lowest BCUT2D eigenvalue weighted by Gasteiger charge is -2.38. The van der Waals surface area contributed by atoms with Gasteiger partial charge in [0.15, 0.2) is 5.54 Å². The Morgan fingerprint density at radius 3 is 1.80 bits per heavy atom. The number of nitrogens with one attached hydrogen (secondary N) is 1. The van der Waals surface area contributed by atoms with Crippen molar-refractivity contribution in [3.05, 3.63) is 71.8 Å². The number of halogens is 3. The highest BCUT2D eigenvalue weighted by Crippen LogP contribution is 2.42. The Hall–Kier alpha value is -1.66. The van der Waals surface area contributed by atoms with Gasteiger partial charge in [-0.1, -0.05) is 60.7 Å². The Kier molecular flexibility index (Phi) is 5.74. The molecule has 0 aliphatic rings. The van der Waals surface area contributed by atoms with Gasteiger partial charge in [-0.3, -0.25) is 0 Å². The van der Waals surface area contributed by atoms with Crippen LogP contribution in [0.25, 0.3) is 0 Å². The van der Waals surface area contributed by atoms with Crippen molar-refractivity contribution in [3.8, 4) is 0 Å². The van der Waals surface area contributed by atoms with Gasteiger partial charge in [0.1, 0.15) is 0 Å². The third kappa shape index (κ3) is 4.50. The summed E-state index contributed by atoms with van der Waals surface area (Å²) >= 11 is 0. The molecule has 0 aromatic heterocycles. The molecule has 0 fully saturated rings. The van der Waals surface area contributed by atoms with E-state index in [1.165, 1.54) is 12.1 Å². The van der Waals surface area contributed by atoms with E-state index in [1.807, 2.05) is 0 Å². The first-order valence-corrected chi connectivity index (χ1v) is 9.07. The van der Waals surface area contributed by atoms with Crippen LogP contribution >= 0.6 is 0 Å². The Balaban J connectivity index is 2.60. The molecule has 6 heteroatoms. The zero-order valence-corrected chi connectivity index (χ0v) is 15.2. The lowest BCUT2D eigenvalue weighted by molar-refractivity contribution is -0.194. The maximum absolute atomic E-state index is 14.3. The third-order valence-electron chi connectivity index (χ3n) is 3.89. The highest BCUT2D eigenvalue weighted by Gasteiger charge is 2.57. The lowest BCUT2D eigenvalue weighted by Crippen LogP contribution is -2.58. The molecule has 2 rings (SSSR count). The summed E-state index contributed by atoms with van der Waals surface area (Å²) in [7, 11) is -1.90. The van der Waals surface area contributed by atoms with Crippen molar-refractivity contribution < 1.29 is 17.4 Å². The second-order valence-corrected chi connectivity index (χ2v) is 8.88. The Morgan fingerprint density at radius 1 is 0.880 bits per heavy atom. The molecule has 2 aromatic rings. The molecule has 0 spiro atoms. The average molecular weight is 369 g/mol. The van der Waals surface area contributed by atoms with Crippen LogP contribution in [0.2, 0.25) is 0 Å². The first kappa shape index (κ1) is 19.7. The molecule has 136 valence electrons. The van der Waals surface area contributed by atoms with Crippen LogP contribution in [0.4, 0.5) is 13.2 Å². The molecule has 0 saturated carbocycles. The van der Waals surface area contributed by atoms with Crippen molar-refractivity contribution in [3.63, 3.8) is 0 Å². The van der Waals surface area contributed by atoms with E-state index in [4.69, 9.17) is 0 Å². The van der Waals surface area contributed by atoms with Gasteiger partial charge in [-0.05, 0) is 31.9 Å². The van der Waals surface area contributed by atoms with Gasteiger partial charge in [0.2, 0.25) is 0 Å². The van der Waals surface area contributed by atoms with E-state index >= 15 is 0 Å². The molecule has 2 aromatic carbocycles. The largest absolute Gasteiger partial charge is 0.411 e. The molecular formula is C19H22F3NOS. The van der Waals surface area contributed by atoms with Crippen molar-refractivity contribution in [2.75, 3.05) is 0 Å². The minimum absolute atomic E-state index is 0.0453. The zero-order chi connectivity index (χ0) is 18.7. The van der Waals surface area contributed by atoms with Crippen LogP contribution in [-0.4, -0.2) is 15.1 Å². The monoisotopic (exact) mass is 369 g/mol. The number of benzene rings is 2. The van der Waals surface area contributed by atoms with Gasteiger partial charge in [0.25, 0.3) is 0 Å². The van der Waals surface area contributed by atoms with Crippen molar-refractivity contribution in [1.82, 2.24) is 4.72 Å². The fraction of sp³-hybridized carbons (Fsp3) is 0.368. The smallest absolute Gasteiger partial charge is 0.242 e. The zero-order valence-electron chi connectivity index (χ0n) is 14.4. The van der Waals surface area contributed by atoms with E-state index in [0.717, 1.165) is 0 Å². The highest BCUT2D eigenvalue weighted by molar-refractivity contribution is 7.84. The summed E-state index contributed by atoms with van der Waals surface area (Å²) in [4.78, 5) is 0. The van der Waals surface area contributed by atoms with Gasteiger partial charge in [-0.2, -0.15) is 13.2 Å². The molecule has 1 N–H and O–H groups in total. The summed E-state index contributed by atoms with van der Waals surface area (Å²) in [6.45, 7) is 4.93. The fourth-order valence-electron chi connectivity index (χ4n) is 2.45. The second-order valence-electron chi connectivity index (χ2n) is 6.91. The molecule has 25 heavy (non-hydrogen) atoms. The van der Waals surface area contributed by atoms with E-state index in [-0.39, 0.29) is 12.0 Å². The summed E-state index contributed by atoms with van der Waals surface area (Å²) in [5.41, 5.74) is -1.88. The Bertz CT molecular complexity index is 711. The van der Waals surface area contributed by atoms with Crippen LogP contribution < -0.4 is 4.72 Å². The maximum Gasteiger partial charge on any atom is 0.411 e. The van der Waals surface area contributed by atoms with Crippen LogP contribution in [0.5, 0.6) is 0 Å². The first-order chi connectivity index (χ1) is 11.6. The molecule has 0 aliphatic carbocycles. The predicted molar refractivity (Wildman–Crippen MR) is 95.4 cm³/mol. The van der Waals surface area contributed by atoms with Gasteiger partial charge in [0.05, 0.1) is 15.7 Å². The second kappa shape index (κ2) is 7.30. The van der Waals surface area contributed by atoms with E-state index < -0.39 is 27.4 Å². The SMILES string of the molecule is CC(C)(C)S(=O)N[C@@](Cc1ccccc1)(c1ccccc1)C(F)(F)F. The van der Waals surface area contributed by atoms with Crippen LogP contribution in [0.15, 0.2) is 60.7 Å². The third-order valence-corrected chi connectivity index (χ3v) is 5.53. The molecule has 0 radical (unpaired) electrons. The molecule has 0 amide bonds. The van der Waals surface area contributed by atoms with Crippen LogP contribution in [-0.2, 0) is 22.9 Å². The summed E-state index contributed by atoms with van der Waals surface area (Å²) in [6, 6.07) is 16.0. The topological polar surface area (TPSA) is 29.1 Å². The first-order valence-electron chi connectivity index (χ1n) is 7.92. The van der Waals surface area contributed by atoms with Crippen LogP contribution in [0.3, 0.4) is 0 Å². The van der Waals surface area contributed by atoms with Gasteiger partial charge in [-0.25, -0.2) is 8.93 Å². The van der Waals surface area contributed by atoms with Crippen molar-refractivity contribution in [1.29, 1.82) is 0 Å². The van der Waals surface area contributed by atoms with Gasteiger partial charge >= 0.3 is 6.18 Å². The molecule has 0 aliphatic heterocycles. The van der Waals surface area contributed by atoms with E-state index in [0.29, 0.717) is 5.56 Å². The van der Waals surface area contributed by atoms with E-state index in [1.54, 1.807) is 69.3 Å². The average Bonchev–Trinajstić information content (AvgIpc) is 2.54.